The van der Waals surface area contributed by atoms with Crippen LogP contribution >= 0.6 is 0 Å². The summed E-state index contributed by atoms with van der Waals surface area (Å²) in [6.07, 6.45) is 4.70. The Morgan fingerprint density at radius 1 is 1.55 bits per heavy atom. The Labute approximate surface area is 67.2 Å². The van der Waals surface area contributed by atoms with Crippen molar-refractivity contribution in [1.29, 1.82) is 0 Å². The number of hydrogen-bond donors (Lipinski definition) is 2. The molecule has 0 amide bonds. The fraction of sp³-hybridized carbons (Fsp3) is 0.333. The first-order valence-corrected chi connectivity index (χ1v) is 3.45. The molecule has 0 saturated heterocycles. The van der Waals surface area contributed by atoms with Crippen LogP contribution in [0.25, 0.3) is 0 Å². The van der Waals surface area contributed by atoms with Crippen LogP contribution in [-0.4, -0.2) is 22.9 Å². The molecule has 2 N–H and O–H groups in total. The van der Waals surface area contributed by atoms with Crippen molar-refractivity contribution >= 4 is 0 Å². The molecule has 0 aliphatic rings. The van der Waals surface area contributed by atoms with Crippen LogP contribution in [0.1, 0.15) is 6.42 Å². The molecule has 62 valence electrons. The zero-order valence-electron chi connectivity index (χ0n) is 6.53. The minimum absolute atomic E-state index is 0.0704. The summed E-state index contributed by atoms with van der Waals surface area (Å²) in [6.45, 7) is 6.94. The predicted molar refractivity (Wildman–Crippen MR) is 46.2 cm³/mol. The van der Waals surface area contributed by atoms with Crippen molar-refractivity contribution < 1.29 is 10.2 Å². The van der Waals surface area contributed by atoms with Crippen molar-refractivity contribution in [2.24, 2.45) is 0 Å². The molecular weight excluding hydrogens is 140 g/mol. The second-order valence-electron chi connectivity index (χ2n) is 2.30. The third-order valence-corrected chi connectivity index (χ3v) is 1.19. The van der Waals surface area contributed by atoms with Gasteiger partial charge in [0, 0.05) is 0 Å². The normalized spacial score (nSPS) is 13.3. The van der Waals surface area contributed by atoms with Gasteiger partial charge in [-0.05, 0) is 12.0 Å². The van der Waals surface area contributed by atoms with E-state index in [1.165, 1.54) is 0 Å². The van der Waals surface area contributed by atoms with Gasteiger partial charge < -0.3 is 10.2 Å². The lowest BCUT2D eigenvalue weighted by Gasteiger charge is -2.04. The van der Waals surface area contributed by atoms with Gasteiger partial charge in [-0.1, -0.05) is 31.4 Å². The fourth-order valence-electron chi connectivity index (χ4n) is 0.635. The highest BCUT2D eigenvalue weighted by molar-refractivity contribution is 5.05. The summed E-state index contributed by atoms with van der Waals surface area (Å²) in [5, 5.41) is 17.7. The molecule has 0 heterocycles. The zero-order valence-corrected chi connectivity index (χ0v) is 6.53. The molecule has 0 radical (unpaired) electrons. The standard InChI is InChI=1S/C9H14O2/c1-3-4-5-9(11)6-8(2)7-10/h3-5,9-11H,1-2,6-7H2. The van der Waals surface area contributed by atoms with E-state index < -0.39 is 6.10 Å². The molecule has 2 heteroatoms. The summed E-state index contributed by atoms with van der Waals surface area (Å²) in [4.78, 5) is 0. The van der Waals surface area contributed by atoms with Crippen molar-refractivity contribution in [3.8, 4) is 0 Å². The average Bonchev–Trinajstić information content (AvgIpc) is 2.00. The maximum absolute atomic E-state index is 9.18. The molecule has 11 heavy (non-hydrogen) atoms. The van der Waals surface area contributed by atoms with Gasteiger partial charge in [-0.15, -0.1) is 0 Å². The topological polar surface area (TPSA) is 40.5 Å². The van der Waals surface area contributed by atoms with Crippen molar-refractivity contribution in [2.75, 3.05) is 6.61 Å². The maximum atomic E-state index is 9.18. The molecule has 0 aromatic heterocycles. The molecule has 0 spiro atoms. The van der Waals surface area contributed by atoms with Gasteiger partial charge in [0.1, 0.15) is 0 Å². The van der Waals surface area contributed by atoms with E-state index in [4.69, 9.17) is 5.11 Å². The van der Waals surface area contributed by atoms with Gasteiger partial charge >= 0.3 is 0 Å². The van der Waals surface area contributed by atoms with Crippen LogP contribution < -0.4 is 0 Å². The van der Waals surface area contributed by atoms with E-state index in [-0.39, 0.29) is 6.61 Å². The third kappa shape index (κ3) is 5.58. The summed E-state index contributed by atoms with van der Waals surface area (Å²) in [7, 11) is 0. The molecule has 0 fully saturated rings. The molecule has 2 nitrogen and oxygen atoms in total. The fourth-order valence-corrected chi connectivity index (χ4v) is 0.635. The van der Waals surface area contributed by atoms with E-state index in [1.807, 2.05) is 0 Å². The molecular formula is C9H14O2. The third-order valence-electron chi connectivity index (χ3n) is 1.19. The monoisotopic (exact) mass is 154 g/mol. The maximum Gasteiger partial charge on any atom is 0.0761 e. The lowest BCUT2D eigenvalue weighted by atomic mass is 10.1. The van der Waals surface area contributed by atoms with Gasteiger partial charge in [-0.2, -0.15) is 0 Å². The van der Waals surface area contributed by atoms with E-state index in [0.717, 1.165) is 0 Å². The quantitative estimate of drug-likeness (QED) is 0.458. The van der Waals surface area contributed by atoms with Gasteiger partial charge in [0.2, 0.25) is 0 Å². The van der Waals surface area contributed by atoms with Gasteiger partial charge in [-0.3, -0.25) is 0 Å². The minimum atomic E-state index is -0.562. The highest BCUT2D eigenvalue weighted by Crippen LogP contribution is 2.02. The molecule has 0 aliphatic heterocycles. The van der Waals surface area contributed by atoms with Gasteiger partial charge in [0.05, 0.1) is 12.7 Å². The molecule has 0 saturated carbocycles. The summed E-state index contributed by atoms with van der Waals surface area (Å²) in [5.74, 6) is 0. The summed E-state index contributed by atoms with van der Waals surface area (Å²) in [5.41, 5.74) is 0.631. The van der Waals surface area contributed by atoms with Crippen LogP contribution in [0.3, 0.4) is 0 Å². The second kappa shape index (κ2) is 5.89. The van der Waals surface area contributed by atoms with E-state index in [9.17, 15) is 5.11 Å². The average molecular weight is 154 g/mol. The first-order valence-electron chi connectivity index (χ1n) is 3.45. The molecule has 0 rings (SSSR count). The first kappa shape index (κ1) is 10.1. The molecule has 1 unspecified atom stereocenters. The predicted octanol–water partition coefficient (Wildman–Crippen LogP) is 1.03. The van der Waals surface area contributed by atoms with Crippen molar-refractivity contribution in [3.05, 3.63) is 37.0 Å². The first-order chi connectivity index (χ1) is 5.20. The van der Waals surface area contributed by atoms with Crippen LogP contribution in [0.5, 0.6) is 0 Å². The Morgan fingerprint density at radius 2 is 2.18 bits per heavy atom. The van der Waals surface area contributed by atoms with E-state index in [0.29, 0.717) is 12.0 Å². The largest absolute Gasteiger partial charge is 0.392 e. The Hall–Kier alpha value is -0.860. The van der Waals surface area contributed by atoms with Crippen LogP contribution in [-0.2, 0) is 0 Å². The number of rotatable bonds is 5. The van der Waals surface area contributed by atoms with Gasteiger partial charge in [-0.25, -0.2) is 0 Å². The van der Waals surface area contributed by atoms with E-state index in [1.54, 1.807) is 18.2 Å². The number of aliphatic hydroxyl groups is 2. The Kier molecular flexibility index (Phi) is 5.43. The molecule has 0 bridgehead atoms. The van der Waals surface area contributed by atoms with E-state index in [2.05, 4.69) is 13.2 Å². The number of aliphatic hydroxyl groups excluding tert-OH is 2. The van der Waals surface area contributed by atoms with Crippen LogP contribution in [0, 0.1) is 0 Å². The van der Waals surface area contributed by atoms with Crippen LogP contribution in [0.4, 0.5) is 0 Å². The van der Waals surface area contributed by atoms with Crippen molar-refractivity contribution in [1.82, 2.24) is 0 Å². The highest BCUT2D eigenvalue weighted by atomic mass is 16.3. The Morgan fingerprint density at radius 3 is 2.64 bits per heavy atom. The smallest absolute Gasteiger partial charge is 0.0761 e. The molecule has 1 atom stereocenters. The van der Waals surface area contributed by atoms with E-state index >= 15 is 0 Å². The molecule has 0 aromatic carbocycles. The summed E-state index contributed by atoms with van der Waals surface area (Å²) in [6, 6.07) is 0. The van der Waals surface area contributed by atoms with Crippen molar-refractivity contribution in [3.63, 3.8) is 0 Å². The highest BCUT2D eigenvalue weighted by Gasteiger charge is 1.99. The molecule has 0 aliphatic carbocycles. The van der Waals surface area contributed by atoms with Crippen molar-refractivity contribution in [2.45, 2.75) is 12.5 Å². The minimum Gasteiger partial charge on any atom is -0.392 e. The number of allylic oxidation sites excluding steroid dienone is 2. The lowest BCUT2D eigenvalue weighted by Crippen LogP contribution is -2.04. The SMILES string of the molecule is C=CC=CC(O)CC(=C)CO. The lowest BCUT2D eigenvalue weighted by molar-refractivity contribution is 0.215. The zero-order chi connectivity index (χ0) is 8.69. The molecule has 0 aromatic rings. The number of hydrogen-bond acceptors (Lipinski definition) is 2. The Bertz CT molecular complexity index is 159. The van der Waals surface area contributed by atoms with Crippen LogP contribution in [0.2, 0.25) is 0 Å². The second-order valence-corrected chi connectivity index (χ2v) is 2.30. The van der Waals surface area contributed by atoms with Crippen LogP contribution in [0.15, 0.2) is 37.0 Å². The van der Waals surface area contributed by atoms with Gasteiger partial charge in [0.15, 0.2) is 0 Å². The summed E-state index contributed by atoms with van der Waals surface area (Å²) < 4.78 is 0. The summed E-state index contributed by atoms with van der Waals surface area (Å²) >= 11 is 0. The van der Waals surface area contributed by atoms with Gasteiger partial charge in [0.25, 0.3) is 0 Å². The Balaban J connectivity index is 3.67.